The Morgan fingerprint density at radius 2 is 1.91 bits per heavy atom. The Balaban J connectivity index is 1.97. The first kappa shape index (κ1) is 7.93. The molecule has 0 aromatic heterocycles. The molecule has 1 aliphatic heterocycles. The van der Waals surface area contributed by atoms with Crippen LogP contribution in [0.3, 0.4) is 0 Å². The lowest BCUT2D eigenvalue weighted by molar-refractivity contribution is 0.379. The minimum Gasteiger partial charge on any atom is -0.310 e. The maximum absolute atomic E-state index is 3.74. The lowest BCUT2D eigenvalue weighted by Crippen LogP contribution is -2.44. The Morgan fingerprint density at radius 3 is 2.73 bits per heavy atom. The van der Waals surface area contributed by atoms with Crippen molar-refractivity contribution in [3.05, 3.63) is 0 Å². The third-order valence-electron chi connectivity index (χ3n) is 2.90. The highest BCUT2D eigenvalue weighted by Crippen LogP contribution is 2.33. The van der Waals surface area contributed by atoms with Gasteiger partial charge in [0.1, 0.15) is 0 Å². The summed E-state index contributed by atoms with van der Waals surface area (Å²) in [5.41, 5.74) is 0.571. The van der Waals surface area contributed by atoms with Gasteiger partial charge in [-0.05, 0) is 31.6 Å². The van der Waals surface area contributed by atoms with Crippen molar-refractivity contribution in [1.29, 1.82) is 0 Å². The van der Waals surface area contributed by atoms with Gasteiger partial charge in [-0.25, -0.2) is 0 Å². The van der Waals surface area contributed by atoms with Crippen LogP contribution < -0.4 is 5.32 Å². The molecule has 0 aromatic carbocycles. The normalized spacial score (nSPS) is 30.5. The zero-order valence-electron chi connectivity index (χ0n) is 7.07. The summed E-state index contributed by atoms with van der Waals surface area (Å²) in [6.45, 7) is 1.26. The van der Waals surface area contributed by atoms with Crippen molar-refractivity contribution in [1.82, 2.24) is 5.32 Å². The maximum Gasteiger partial charge on any atom is 0.0271 e. The number of nitrogens with one attached hydrogen (secondary N) is 1. The van der Waals surface area contributed by atoms with Crippen LogP contribution in [-0.4, -0.2) is 23.6 Å². The molecule has 2 rings (SSSR count). The van der Waals surface area contributed by atoms with Gasteiger partial charge < -0.3 is 5.32 Å². The van der Waals surface area contributed by atoms with Crippen LogP contribution in [0, 0.1) is 0 Å². The second-order valence-corrected chi connectivity index (χ2v) is 4.93. The van der Waals surface area contributed by atoms with Gasteiger partial charge in [-0.3, -0.25) is 0 Å². The first-order valence-electron chi connectivity index (χ1n) is 4.74. The largest absolute Gasteiger partial charge is 0.310 e. The molecule has 0 unspecified atom stereocenters. The van der Waals surface area contributed by atoms with E-state index < -0.39 is 0 Å². The molecule has 1 nitrogen and oxygen atoms in total. The third-order valence-corrected chi connectivity index (χ3v) is 4.24. The minimum absolute atomic E-state index is 0.571. The Bertz CT molecular complexity index is 120. The number of hydrogen-bond donors (Lipinski definition) is 1. The van der Waals surface area contributed by atoms with Crippen molar-refractivity contribution in [2.75, 3.05) is 18.1 Å². The SMILES string of the molecule is C1CNC2(CCCC2)CSC1. The van der Waals surface area contributed by atoms with Crippen molar-refractivity contribution in [3.63, 3.8) is 0 Å². The van der Waals surface area contributed by atoms with Gasteiger partial charge >= 0.3 is 0 Å². The van der Waals surface area contributed by atoms with Crippen LogP contribution in [0.25, 0.3) is 0 Å². The molecule has 1 N–H and O–H groups in total. The average molecular weight is 171 g/mol. The molecule has 64 valence electrons. The van der Waals surface area contributed by atoms with Crippen molar-refractivity contribution in [3.8, 4) is 0 Å². The first-order valence-corrected chi connectivity index (χ1v) is 5.90. The van der Waals surface area contributed by atoms with E-state index in [1.807, 2.05) is 0 Å². The zero-order chi connectivity index (χ0) is 7.57. The molecule has 1 aliphatic carbocycles. The summed E-state index contributed by atoms with van der Waals surface area (Å²) < 4.78 is 0. The molecule has 0 aromatic rings. The molecule has 1 saturated carbocycles. The van der Waals surface area contributed by atoms with Gasteiger partial charge in [0.25, 0.3) is 0 Å². The quantitative estimate of drug-likeness (QED) is 0.598. The van der Waals surface area contributed by atoms with Crippen molar-refractivity contribution < 1.29 is 0 Å². The molecular formula is C9H17NS. The Hall–Kier alpha value is 0.310. The van der Waals surface area contributed by atoms with Crippen LogP contribution in [0.1, 0.15) is 32.1 Å². The molecule has 1 heterocycles. The molecule has 0 amide bonds. The predicted octanol–water partition coefficient (Wildman–Crippen LogP) is 2.03. The summed E-state index contributed by atoms with van der Waals surface area (Å²) >= 11 is 2.15. The maximum atomic E-state index is 3.74. The summed E-state index contributed by atoms with van der Waals surface area (Å²) in [5.74, 6) is 2.74. The van der Waals surface area contributed by atoms with E-state index >= 15 is 0 Å². The van der Waals surface area contributed by atoms with Crippen molar-refractivity contribution in [2.45, 2.75) is 37.6 Å². The molecule has 2 fully saturated rings. The van der Waals surface area contributed by atoms with E-state index in [0.717, 1.165) is 0 Å². The van der Waals surface area contributed by atoms with E-state index in [4.69, 9.17) is 0 Å². The second-order valence-electron chi connectivity index (χ2n) is 3.82. The fraction of sp³-hybridized carbons (Fsp3) is 1.00. The predicted molar refractivity (Wildman–Crippen MR) is 51.1 cm³/mol. The third kappa shape index (κ3) is 1.73. The summed E-state index contributed by atoms with van der Waals surface area (Å²) in [6, 6.07) is 0. The topological polar surface area (TPSA) is 12.0 Å². The van der Waals surface area contributed by atoms with Gasteiger partial charge in [-0.15, -0.1) is 0 Å². The van der Waals surface area contributed by atoms with Crippen LogP contribution in [0.5, 0.6) is 0 Å². The fourth-order valence-electron chi connectivity index (χ4n) is 2.22. The first-order chi connectivity index (χ1) is 5.41. The molecule has 11 heavy (non-hydrogen) atoms. The van der Waals surface area contributed by atoms with Gasteiger partial charge in [-0.1, -0.05) is 12.8 Å². The molecular weight excluding hydrogens is 154 g/mol. The summed E-state index contributed by atoms with van der Waals surface area (Å²) in [4.78, 5) is 0. The smallest absolute Gasteiger partial charge is 0.0271 e. The summed E-state index contributed by atoms with van der Waals surface area (Å²) in [7, 11) is 0. The van der Waals surface area contributed by atoms with Gasteiger partial charge in [0.05, 0.1) is 0 Å². The lowest BCUT2D eigenvalue weighted by Gasteiger charge is -2.27. The lowest BCUT2D eigenvalue weighted by atomic mass is 10.0. The molecule has 2 heteroatoms. The van der Waals surface area contributed by atoms with Crippen LogP contribution in [0.4, 0.5) is 0 Å². The Kier molecular flexibility index (Phi) is 2.42. The van der Waals surface area contributed by atoms with E-state index in [1.54, 1.807) is 0 Å². The van der Waals surface area contributed by atoms with E-state index in [9.17, 15) is 0 Å². The molecule has 1 saturated heterocycles. The molecule has 0 bridgehead atoms. The Morgan fingerprint density at radius 1 is 1.09 bits per heavy atom. The summed E-state index contributed by atoms with van der Waals surface area (Å²) in [5, 5.41) is 3.74. The molecule has 0 radical (unpaired) electrons. The van der Waals surface area contributed by atoms with Crippen LogP contribution in [0.2, 0.25) is 0 Å². The van der Waals surface area contributed by atoms with E-state index in [1.165, 1.54) is 50.2 Å². The highest BCUT2D eigenvalue weighted by Gasteiger charge is 2.33. The zero-order valence-corrected chi connectivity index (χ0v) is 7.88. The molecule has 2 aliphatic rings. The fourth-order valence-corrected chi connectivity index (χ4v) is 3.49. The van der Waals surface area contributed by atoms with Crippen LogP contribution in [-0.2, 0) is 0 Å². The highest BCUT2D eigenvalue weighted by molar-refractivity contribution is 7.99. The van der Waals surface area contributed by atoms with E-state index in [0.29, 0.717) is 5.54 Å². The van der Waals surface area contributed by atoms with Crippen molar-refractivity contribution >= 4 is 11.8 Å². The van der Waals surface area contributed by atoms with Gasteiger partial charge in [0.2, 0.25) is 0 Å². The average Bonchev–Trinajstić information content (AvgIpc) is 2.32. The minimum atomic E-state index is 0.571. The number of thioether (sulfide) groups is 1. The highest BCUT2D eigenvalue weighted by atomic mass is 32.2. The van der Waals surface area contributed by atoms with Crippen LogP contribution >= 0.6 is 11.8 Å². The monoisotopic (exact) mass is 171 g/mol. The molecule has 1 spiro atoms. The van der Waals surface area contributed by atoms with Crippen molar-refractivity contribution in [2.24, 2.45) is 0 Å². The number of hydrogen-bond acceptors (Lipinski definition) is 2. The second kappa shape index (κ2) is 3.36. The molecule has 0 atom stereocenters. The van der Waals surface area contributed by atoms with E-state index in [2.05, 4.69) is 17.1 Å². The standard InChI is InChI=1S/C9H17NS/c1-2-5-9(4-1)8-11-7-3-6-10-9/h10H,1-8H2. The Labute approximate surface area is 73.3 Å². The van der Waals surface area contributed by atoms with E-state index in [-0.39, 0.29) is 0 Å². The number of rotatable bonds is 0. The van der Waals surface area contributed by atoms with Gasteiger partial charge in [0.15, 0.2) is 0 Å². The van der Waals surface area contributed by atoms with Gasteiger partial charge in [-0.2, -0.15) is 11.8 Å². The van der Waals surface area contributed by atoms with Gasteiger partial charge in [0, 0.05) is 11.3 Å². The van der Waals surface area contributed by atoms with Crippen LogP contribution in [0.15, 0.2) is 0 Å². The summed E-state index contributed by atoms with van der Waals surface area (Å²) in [6.07, 6.45) is 7.13.